The lowest BCUT2D eigenvalue weighted by Gasteiger charge is -2.33. The van der Waals surface area contributed by atoms with Crippen LogP contribution in [0.3, 0.4) is 0 Å². The van der Waals surface area contributed by atoms with Crippen LogP contribution >= 0.6 is 0 Å². The summed E-state index contributed by atoms with van der Waals surface area (Å²) in [4.78, 5) is 22.1. The Bertz CT molecular complexity index is 685. The second-order valence-corrected chi connectivity index (χ2v) is 5.15. The first-order valence-corrected chi connectivity index (χ1v) is 7.01. The van der Waals surface area contributed by atoms with Gasteiger partial charge >= 0.3 is 0 Å². The summed E-state index contributed by atoms with van der Waals surface area (Å²) in [6.45, 7) is 0. The van der Waals surface area contributed by atoms with Crippen molar-refractivity contribution in [3.63, 3.8) is 0 Å². The fourth-order valence-electron chi connectivity index (χ4n) is 2.02. The maximum absolute atomic E-state index is 11.1. The monoisotopic (exact) mass is 337 g/mol. The van der Waals surface area contributed by atoms with E-state index in [1.165, 1.54) is 58.2 Å². The summed E-state index contributed by atoms with van der Waals surface area (Å²) >= 11 is 0. The van der Waals surface area contributed by atoms with Crippen molar-refractivity contribution in [1.82, 2.24) is 14.2 Å². The molecule has 10 nitrogen and oxygen atoms in total. The van der Waals surface area contributed by atoms with Crippen molar-refractivity contribution in [2.45, 2.75) is 24.8 Å². The highest BCUT2D eigenvalue weighted by molar-refractivity contribution is 4.97. The summed E-state index contributed by atoms with van der Waals surface area (Å²) in [6.07, 6.45) is -0.453. The van der Waals surface area contributed by atoms with Crippen molar-refractivity contribution >= 4 is 0 Å². The summed E-state index contributed by atoms with van der Waals surface area (Å²) in [5.74, 6) is 0. The van der Waals surface area contributed by atoms with E-state index in [1.54, 1.807) is 0 Å². The highest BCUT2D eigenvalue weighted by atomic mass is 16.6. The lowest BCUT2D eigenvalue weighted by atomic mass is 10.3. The Morgan fingerprint density at radius 3 is 1.38 bits per heavy atom. The molecule has 0 unspecified atom stereocenters. The van der Waals surface area contributed by atoms with Crippen LogP contribution in [-0.4, -0.2) is 42.1 Å². The van der Waals surface area contributed by atoms with Crippen LogP contribution in [0.15, 0.2) is 58.6 Å². The number of nitrogens with zero attached hydrogens (tertiary/aromatic N) is 3. The van der Waals surface area contributed by atoms with Gasteiger partial charge in [-0.15, -0.1) is 5.06 Å². The van der Waals surface area contributed by atoms with Gasteiger partial charge in [-0.2, -0.15) is 0 Å². The van der Waals surface area contributed by atoms with Crippen molar-refractivity contribution in [3.8, 4) is 0 Å². The molecule has 10 heteroatoms. The molecule has 0 aromatic carbocycles. The molecule has 0 saturated carbocycles. The van der Waals surface area contributed by atoms with E-state index in [0.29, 0.717) is 0 Å². The van der Waals surface area contributed by atoms with E-state index >= 15 is 0 Å². The van der Waals surface area contributed by atoms with Crippen LogP contribution in [0, 0.1) is 0 Å². The first-order valence-electron chi connectivity index (χ1n) is 7.01. The van der Waals surface area contributed by atoms with E-state index < -0.39 is 24.8 Å². The number of rotatable bonds is 6. The van der Waals surface area contributed by atoms with E-state index in [9.17, 15) is 25.0 Å². The minimum absolute atomic E-state index is 0.200. The molecule has 130 valence electrons. The molecule has 0 aliphatic rings. The van der Waals surface area contributed by atoms with Crippen LogP contribution in [0.4, 0.5) is 0 Å². The topological polar surface area (TPSA) is 160 Å². The number of hydrogen-bond acceptors (Lipinski definition) is 8. The van der Waals surface area contributed by atoms with Crippen LogP contribution in [0.1, 0.15) is 12.3 Å². The molecule has 0 bridgehead atoms. The minimum atomic E-state index is -1.71. The molecule has 0 amide bonds. The third-order valence-electron chi connectivity index (χ3n) is 3.49. The quantitative estimate of drug-likeness (QED) is 0.297. The molecule has 2 aromatic heterocycles. The van der Waals surface area contributed by atoms with Crippen LogP contribution in [0.25, 0.3) is 0 Å². The van der Waals surface area contributed by atoms with E-state index in [0.717, 1.165) is 0 Å². The SMILES string of the molecule is N[C@H]([C@@H](O)N(O)[C@H](O)[C@@H](N)n1ccc(=O)cc1)n1ccc(=O)cc1. The molecule has 2 rings (SSSR count). The highest BCUT2D eigenvalue weighted by Crippen LogP contribution is 2.14. The van der Waals surface area contributed by atoms with E-state index in [-0.39, 0.29) is 15.9 Å². The zero-order chi connectivity index (χ0) is 17.9. The Hall–Kier alpha value is -2.34. The van der Waals surface area contributed by atoms with E-state index in [4.69, 9.17) is 11.5 Å². The third-order valence-corrected chi connectivity index (χ3v) is 3.49. The van der Waals surface area contributed by atoms with Gasteiger partial charge in [0.25, 0.3) is 0 Å². The van der Waals surface area contributed by atoms with Crippen molar-refractivity contribution in [2.24, 2.45) is 11.5 Å². The Kier molecular flexibility index (Phi) is 5.62. The Morgan fingerprint density at radius 2 is 1.08 bits per heavy atom. The molecule has 0 fully saturated rings. The van der Waals surface area contributed by atoms with Crippen molar-refractivity contribution in [3.05, 3.63) is 69.5 Å². The summed E-state index contributed by atoms with van der Waals surface area (Å²) < 4.78 is 2.57. The Labute approximate surface area is 136 Å². The number of aliphatic hydroxyl groups excluding tert-OH is 2. The van der Waals surface area contributed by atoms with Gasteiger partial charge < -0.3 is 36.0 Å². The fraction of sp³-hybridized carbons (Fsp3) is 0.286. The molecule has 2 heterocycles. The number of hydrogen-bond donors (Lipinski definition) is 5. The molecule has 7 N–H and O–H groups in total. The average Bonchev–Trinajstić information content (AvgIpc) is 2.60. The van der Waals surface area contributed by atoms with Crippen LogP contribution < -0.4 is 22.3 Å². The summed E-state index contributed by atoms with van der Waals surface area (Å²) in [7, 11) is 0. The predicted octanol–water partition coefficient (Wildman–Crippen LogP) is -2.05. The number of hydroxylamine groups is 2. The van der Waals surface area contributed by atoms with Crippen molar-refractivity contribution in [1.29, 1.82) is 0 Å². The number of pyridine rings is 2. The standard InChI is InChI=1S/C14H19N5O5/c15-11(17-5-1-9(20)2-6-17)13(22)19(24)14(23)12(16)18-7-3-10(21)4-8-18/h1-8,11-14,22-24H,15-16H2/t11-,12-,13+,14+/m0/s1. The largest absolute Gasteiger partial charge is 0.373 e. The van der Waals surface area contributed by atoms with Gasteiger partial charge in [0, 0.05) is 49.1 Å². The normalized spacial score (nSPS) is 16.6. The number of aromatic nitrogens is 2. The van der Waals surface area contributed by atoms with Crippen LogP contribution in [0.5, 0.6) is 0 Å². The van der Waals surface area contributed by atoms with Crippen molar-refractivity contribution < 1.29 is 15.4 Å². The van der Waals surface area contributed by atoms with Gasteiger partial charge in [0.15, 0.2) is 23.3 Å². The first-order chi connectivity index (χ1) is 11.3. The first kappa shape index (κ1) is 18.0. The van der Waals surface area contributed by atoms with Gasteiger partial charge in [0.05, 0.1) is 0 Å². The molecule has 0 saturated heterocycles. The third kappa shape index (κ3) is 3.94. The molecule has 0 aliphatic heterocycles. The van der Waals surface area contributed by atoms with Gasteiger partial charge in [-0.1, -0.05) is 0 Å². The molecule has 0 aliphatic carbocycles. The van der Waals surface area contributed by atoms with Crippen molar-refractivity contribution in [2.75, 3.05) is 0 Å². The van der Waals surface area contributed by atoms with Crippen LogP contribution in [-0.2, 0) is 0 Å². The predicted molar refractivity (Wildman–Crippen MR) is 83.5 cm³/mol. The molecule has 24 heavy (non-hydrogen) atoms. The molecule has 0 radical (unpaired) electrons. The van der Waals surface area contributed by atoms with Gasteiger partial charge in [0.1, 0.15) is 12.3 Å². The Morgan fingerprint density at radius 1 is 0.792 bits per heavy atom. The number of nitrogens with two attached hydrogens (primary N) is 2. The zero-order valence-corrected chi connectivity index (χ0v) is 12.6. The summed E-state index contributed by atoms with van der Waals surface area (Å²) in [5.41, 5.74) is 11.1. The second kappa shape index (κ2) is 7.49. The van der Waals surface area contributed by atoms with Gasteiger partial charge in [-0.3, -0.25) is 9.59 Å². The van der Waals surface area contributed by atoms with Gasteiger partial charge in [-0.25, -0.2) is 0 Å². The lowest BCUT2D eigenvalue weighted by molar-refractivity contribution is -0.289. The van der Waals surface area contributed by atoms with Crippen LogP contribution in [0.2, 0.25) is 0 Å². The maximum Gasteiger partial charge on any atom is 0.181 e. The fourth-order valence-corrected chi connectivity index (χ4v) is 2.02. The Balaban J connectivity index is 2.11. The van der Waals surface area contributed by atoms with E-state index in [2.05, 4.69) is 0 Å². The van der Waals surface area contributed by atoms with Gasteiger partial charge in [0.2, 0.25) is 0 Å². The lowest BCUT2D eigenvalue weighted by Crippen LogP contribution is -2.52. The highest BCUT2D eigenvalue weighted by Gasteiger charge is 2.31. The summed E-state index contributed by atoms with van der Waals surface area (Å²) in [6, 6.07) is 4.93. The molecule has 0 spiro atoms. The summed E-state index contributed by atoms with van der Waals surface area (Å²) in [5, 5.41) is 30.4. The molecular weight excluding hydrogens is 318 g/mol. The molecule has 2 aromatic rings. The second-order valence-electron chi connectivity index (χ2n) is 5.15. The number of aliphatic hydroxyl groups is 2. The smallest absolute Gasteiger partial charge is 0.181 e. The minimum Gasteiger partial charge on any atom is -0.373 e. The zero-order valence-electron chi connectivity index (χ0n) is 12.6. The van der Waals surface area contributed by atoms with E-state index in [1.807, 2.05) is 0 Å². The molecular formula is C14H19N5O5. The van der Waals surface area contributed by atoms with Gasteiger partial charge in [-0.05, 0) is 0 Å². The maximum atomic E-state index is 11.1. The average molecular weight is 337 g/mol. The molecule has 4 atom stereocenters.